The minimum absolute atomic E-state index is 0.0331. The van der Waals surface area contributed by atoms with Crippen LogP contribution in [-0.2, 0) is 4.79 Å². The van der Waals surface area contributed by atoms with Crippen LogP contribution < -0.4 is 16.0 Å². The Morgan fingerprint density at radius 1 is 1.30 bits per heavy atom. The molecule has 0 spiro atoms. The van der Waals surface area contributed by atoms with Gasteiger partial charge in [0.05, 0.1) is 24.0 Å². The molecule has 1 aromatic heterocycles. The number of aromatic carboxylic acids is 1. The number of urea groups is 1. The van der Waals surface area contributed by atoms with E-state index in [0.717, 1.165) is 12.8 Å². The van der Waals surface area contributed by atoms with Crippen LogP contribution in [0.2, 0.25) is 0 Å². The fourth-order valence-electron chi connectivity index (χ4n) is 1.47. The highest BCUT2D eigenvalue weighted by Gasteiger charge is 2.23. The number of aromatic nitrogens is 1. The summed E-state index contributed by atoms with van der Waals surface area (Å²) in [6, 6.07) is 0.920. The van der Waals surface area contributed by atoms with E-state index in [-0.39, 0.29) is 29.7 Å². The van der Waals surface area contributed by atoms with Gasteiger partial charge < -0.3 is 21.1 Å². The number of nitrogens with zero attached hydrogens (tertiary/aromatic N) is 1. The Hall–Kier alpha value is -2.64. The topological polar surface area (TPSA) is 120 Å². The third kappa shape index (κ3) is 4.23. The predicted octanol–water partition coefficient (Wildman–Crippen LogP) is 0.180. The van der Waals surface area contributed by atoms with Crippen LogP contribution in [0.25, 0.3) is 0 Å². The number of hydrogen-bond acceptors (Lipinski definition) is 4. The summed E-state index contributed by atoms with van der Waals surface area (Å²) in [5.41, 5.74) is 0.208. The number of nitrogens with one attached hydrogen (secondary N) is 3. The zero-order valence-corrected chi connectivity index (χ0v) is 10.5. The zero-order chi connectivity index (χ0) is 14.5. The second-order valence-corrected chi connectivity index (χ2v) is 4.42. The largest absolute Gasteiger partial charge is 0.478 e. The number of carboxylic acids is 1. The van der Waals surface area contributed by atoms with Crippen molar-refractivity contribution < 1.29 is 19.5 Å². The molecule has 0 atom stereocenters. The molecule has 4 N–H and O–H groups in total. The molecule has 2 rings (SSSR count). The summed E-state index contributed by atoms with van der Waals surface area (Å²) < 4.78 is 0. The predicted molar refractivity (Wildman–Crippen MR) is 69.4 cm³/mol. The minimum atomic E-state index is -1.13. The van der Waals surface area contributed by atoms with Crippen molar-refractivity contribution in [3.63, 3.8) is 0 Å². The number of carbonyl (C=O) groups excluding carboxylic acids is 2. The molecule has 106 valence electrons. The number of carboxylic acid groups (broad SMARTS) is 1. The van der Waals surface area contributed by atoms with Crippen molar-refractivity contribution in [1.29, 1.82) is 0 Å². The summed E-state index contributed by atoms with van der Waals surface area (Å²) in [4.78, 5) is 37.3. The summed E-state index contributed by atoms with van der Waals surface area (Å²) >= 11 is 0. The normalized spacial score (nSPS) is 13.4. The maximum absolute atomic E-state index is 11.5. The minimum Gasteiger partial charge on any atom is -0.478 e. The Bertz CT molecular complexity index is 542. The first kappa shape index (κ1) is 13.8. The lowest BCUT2D eigenvalue weighted by Gasteiger charge is -2.08. The van der Waals surface area contributed by atoms with Gasteiger partial charge in [-0.2, -0.15) is 0 Å². The summed E-state index contributed by atoms with van der Waals surface area (Å²) in [5.74, 6) is -1.38. The first-order valence-electron chi connectivity index (χ1n) is 6.07. The molecule has 0 bridgehead atoms. The van der Waals surface area contributed by atoms with Gasteiger partial charge >= 0.3 is 12.0 Å². The smallest absolute Gasteiger partial charge is 0.337 e. The number of pyridine rings is 1. The molecule has 1 aliphatic carbocycles. The van der Waals surface area contributed by atoms with Gasteiger partial charge in [0.25, 0.3) is 0 Å². The average molecular weight is 278 g/mol. The Labute approximate surface area is 114 Å². The van der Waals surface area contributed by atoms with E-state index >= 15 is 0 Å². The molecule has 0 radical (unpaired) electrons. The third-order valence-electron chi connectivity index (χ3n) is 2.60. The van der Waals surface area contributed by atoms with Crippen LogP contribution >= 0.6 is 0 Å². The zero-order valence-electron chi connectivity index (χ0n) is 10.5. The molecule has 1 heterocycles. The van der Waals surface area contributed by atoms with Crippen molar-refractivity contribution in [3.8, 4) is 0 Å². The van der Waals surface area contributed by atoms with Crippen LogP contribution in [0.15, 0.2) is 18.5 Å². The Morgan fingerprint density at radius 3 is 2.70 bits per heavy atom. The molecule has 8 heteroatoms. The van der Waals surface area contributed by atoms with Crippen LogP contribution in [0.5, 0.6) is 0 Å². The highest BCUT2D eigenvalue weighted by Crippen LogP contribution is 2.18. The van der Waals surface area contributed by atoms with Crippen molar-refractivity contribution in [2.45, 2.75) is 18.9 Å². The molecule has 0 saturated heterocycles. The van der Waals surface area contributed by atoms with Gasteiger partial charge in [-0.15, -0.1) is 0 Å². The van der Waals surface area contributed by atoms with E-state index in [1.54, 1.807) is 0 Å². The van der Waals surface area contributed by atoms with Crippen molar-refractivity contribution in [1.82, 2.24) is 15.6 Å². The third-order valence-corrected chi connectivity index (χ3v) is 2.60. The lowest BCUT2D eigenvalue weighted by Crippen LogP contribution is -2.39. The second-order valence-electron chi connectivity index (χ2n) is 4.42. The van der Waals surface area contributed by atoms with Crippen molar-refractivity contribution >= 4 is 23.6 Å². The maximum atomic E-state index is 11.5. The molecule has 1 aliphatic rings. The van der Waals surface area contributed by atoms with E-state index in [1.165, 1.54) is 18.5 Å². The monoisotopic (exact) mass is 278 g/mol. The quantitative estimate of drug-likeness (QED) is 0.612. The number of hydrogen-bond donors (Lipinski definition) is 4. The van der Waals surface area contributed by atoms with E-state index in [2.05, 4.69) is 20.9 Å². The molecule has 1 aromatic rings. The van der Waals surface area contributed by atoms with E-state index in [4.69, 9.17) is 5.11 Å². The highest BCUT2D eigenvalue weighted by molar-refractivity contribution is 5.94. The number of rotatable bonds is 5. The lowest BCUT2D eigenvalue weighted by molar-refractivity contribution is -0.120. The second kappa shape index (κ2) is 6.00. The molecular formula is C12H14N4O4. The van der Waals surface area contributed by atoms with Gasteiger partial charge in [0.1, 0.15) is 0 Å². The Morgan fingerprint density at radius 2 is 2.05 bits per heavy atom. The molecule has 0 aliphatic heterocycles. The van der Waals surface area contributed by atoms with Gasteiger partial charge in [0, 0.05) is 12.2 Å². The van der Waals surface area contributed by atoms with Crippen LogP contribution in [0.3, 0.4) is 0 Å². The molecule has 0 aromatic carbocycles. The fourth-order valence-corrected chi connectivity index (χ4v) is 1.47. The van der Waals surface area contributed by atoms with Crippen LogP contribution in [-0.4, -0.2) is 40.6 Å². The van der Waals surface area contributed by atoms with Crippen LogP contribution in [0, 0.1) is 0 Å². The lowest BCUT2D eigenvalue weighted by atomic mass is 10.3. The van der Waals surface area contributed by atoms with Crippen molar-refractivity contribution in [2.75, 3.05) is 11.9 Å². The van der Waals surface area contributed by atoms with Crippen molar-refractivity contribution in [3.05, 3.63) is 24.0 Å². The number of anilines is 1. The number of carbonyl (C=O) groups is 3. The number of amides is 3. The molecule has 20 heavy (non-hydrogen) atoms. The average Bonchev–Trinajstić information content (AvgIpc) is 3.20. The van der Waals surface area contributed by atoms with Gasteiger partial charge in [-0.25, -0.2) is 9.59 Å². The maximum Gasteiger partial charge on any atom is 0.337 e. The molecule has 8 nitrogen and oxygen atoms in total. The summed E-state index contributed by atoms with van der Waals surface area (Å²) in [5, 5.41) is 16.3. The fraction of sp³-hybridized carbons (Fsp3) is 0.333. The molecular weight excluding hydrogens is 264 g/mol. The first-order valence-corrected chi connectivity index (χ1v) is 6.07. The molecule has 1 saturated carbocycles. The van der Waals surface area contributed by atoms with Gasteiger partial charge in [-0.05, 0) is 18.9 Å². The van der Waals surface area contributed by atoms with E-state index < -0.39 is 12.0 Å². The molecule has 1 fully saturated rings. The van der Waals surface area contributed by atoms with Crippen LogP contribution in [0.4, 0.5) is 10.5 Å². The van der Waals surface area contributed by atoms with Gasteiger partial charge in [-0.3, -0.25) is 9.78 Å². The standard InChI is InChI=1S/C12H14N4O4/c17-10(15-8-1-2-8)6-14-12(20)16-9-3-7(11(18)19)4-13-5-9/h3-5,8H,1-2,6H2,(H,15,17)(H,18,19)(H2,14,16,20). The molecule has 3 amide bonds. The first-order chi connectivity index (χ1) is 9.54. The van der Waals surface area contributed by atoms with Gasteiger partial charge in [0.15, 0.2) is 0 Å². The van der Waals surface area contributed by atoms with E-state index in [1.807, 2.05) is 0 Å². The van der Waals surface area contributed by atoms with Gasteiger partial charge in [-0.1, -0.05) is 0 Å². The summed E-state index contributed by atoms with van der Waals surface area (Å²) in [6.45, 7) is -0.131. The SMILES string of the molecule is O=C(CNC(=O)Nc1cncc(C(=O)O)c1)NC1CC1. The Kier molecular flexibility index (Phi) is 4.14. The van der Waals surface area contributed by atoms with E-state index in [9.17, 15) is 14.4 Å². The van der Waals surface area contributed by atoms with E-state index in [0.29, 0.717) is 0 Å². The van der Waals surface area contributed by atoms with Crippen molar-refractivity contribution in [2.24, 2.45) is 0 Å². The molecule has 0 unspecified atom stereocenters. The summed E-state index contributed by atoms with van der Waals surface area (Å²) in [6.07, 6.45) is 4.45. The van der Waals surface area contributed by atoms with Gasteiger partial charge in [0.2, 0.25) is 5.91 Å². The summed E-state index contributed by atoms with van der Waals surface area (Å²) in [7, 11) is 0. The highest BCUT2D eigenvalue weighted by atomic mass is 16.4. The Balaban J connectivity index is 1.79. The van der Waals surface area contributed by atoms with Crippen LogP contribution in [0.1, 0.15) is 23.2 Å².